The fourth-order valence-electron chi connectivity index (χ4n) is 0.957. The van der Waals surface area contributed by atoms with Crippen molar-refractivity contribution in [2.75, 3.05) is 5.32 Å². The summed E-state index contributed by atoms with van der Waals surface area (Å²) in [7, 11) is 0. The molecule has 0 radical (unpaired) electrons. The van der Waals surface area contributed by atoms with Gasteiger partial charge in [0.2, 0.25) is 0 Å². The van der Waals surface area contributed by atoms with E-state index >= 15 is 0 Å². The molecule has 0 aliphatic carbocycles. The average Bonchev–Trinajstić information content (AvgIpc) is 2.20. The number of nitrogens with one attached hydrogen (secondary N) is 1. The molecule has 1 aromatic rings. The standard InChI is InChI=1S/C9H12FN3O/c1-6(9(11)13-14)12-8-4-2-7(10)3-5-8/h2-6,12,14H,1H3,(H2,11,13). The highest BCUT2D eigenvalue weighted by molar-refractivity contribution is 5.87. The molecule has 0 saturated heterocycles. The van der Waals surface area contributed by atoms with Crippen LogP contribution in [0.25, 0.3) is 0 Å². The van der Waals surface area contributed by atoms with E-state index in [2.05, 4.69) is 10.5 Å². The van der Waals surface area contributed by atoms with Gasteiger partial charge in [-0.1, -0.05) is 5.16 Å². The molecular formula is C9H12FN3O. The first kappa shape index (κ1) is 10.3. The van der Waals surface area contributed by atoms with Crippen LogP contribution >= 0.6 is 0 Å². The van der Waals surface area contributed by atoms with Gasteiger partial charge in [0.15, 0.2) is 5.84 Å². The summed E-state index contributed by atoms with van der Waals surface area (Å²) in [5.41, 5.74) is 6.07. The first-order valence-electron chi connectivity index (χ1n) is 4.13. The van der Waals surface area contributed by atoms with Crippen LogP contribution in [0.4, 0.5) is 10.1 Å². The number of nitrogens with zero attached hydrogens (tertiary/aromatic N) is 1. The average molecular weight is 197 g/mol. The van der Waals surface area contributed by atoms with Gasteiger partial charge >= 0.3 is 0 Å². The first-order chi connectivity index (χ1) is 6.63. The first-order valence-corrected chi connectivity index (χ1v) is 4.13. The van der Waals surface area contributed by atoms with Crippen molar-refractivity contribution in [3.8, 4) is 0 Å². The van der Waals surface area contributed by atoms with Gasteiger partial charge in [-0.15, -0.1) is 0 Å². The molecule has 0 aliphatic rings. The number of benzene rings is 1. The lowest BCUT2D eigenvalue weighted by Crippen LogP contribution is -2.32. The Morgan fingerprint density at radius 3 is 2.57 bits per heavy atom. The second kappa shape index (κ2) is 4.45. The zero-order valence-electron chi connectivity index (χ0n) is 7.74. The van der Waals surface area contributed by atoms with Gasteiger partial charge in [0.25, 0.3) is 0 Å². The normalized spacial score (nSPS) is 13.7. The van der Waals surface area contributed by atoms with Crippen molar-refractivity contribution in [2.24, 2.45) is 10.9 Å². The van der Waals surface area contributed by atoms with E-state index in [4.69, 9.17) is 10.9 Å². The Kier molecular flexibility index (Phi) is 3.28. The lowest BCUT2D eigenvalue weighted by molar-refractivity contribution is 0.316. The van der Waals surface area contributed by atoms with Crippen molar-refractivity contribution in [1.82, 2.24) is 0 Å². The molecule has 0 aromatic heterocycles. The maximum Gasteiger partial charge on any atom is 0.161 e. The molecule has 0 amide bonds. The molecule has 0 fully saturated rings. The fourth-order valence-corrected chi connectivity index (χ4v) is 0.957. The molecule has 5 heteroatoms. The van der Waals surface area contributed by atoms with Crippen LogP contribution in [-0.2, 0) is 0 Å². The summed E-state index contributed by atoms with van der Waals surface area (Å²) in [5, 5.41) is 14.2. The topological polar surface area (TPSA) is 70.6 Å². The number of hydrogen-bond acceptors (Lipinski definition) is 3. The molecule has 1 atom stereocenters. The smallest absolute Gasteiger partial charge is 0.161 e. The van der Waals surface area contributed by atoms with E-state index < -0.39 is 0 Å². The highest BCUT2D eigenvalue weighted by Crippen LogP contribution is 2.09. The van der Waals surface area contributed by atoms with Crippen molar-refractivity contribution in [1.29, 1.82) is 0 Å². The number of anilines is 1. The summed E-state index contributed by atoms with van der Waals surface area (Å²) in [6.45, 7) is 1.73. The minimum Gasteiger partial charge on any atom is -0.409 e. The van der Waals surface area contributed by atoms with Gasteiger partial charge in [0.1, 0.15) is 5.82 Å². The van der Waals surface area contributed by atoms with Gasteiger partial charge in [-0.2, -0.15) is 0 Å². The molecule has 0 spiro atoms. The molecule has 1 aromatic carbocycles. The van der Waals surface area contributed by atoms with Crippen LogP contribution in [-0.4, -0.2) is 17.1 Å². The Morgan fingerprint density at radius 1 is 1.50 bits per heavy atom. The van der Waals surface area contributed by atoms with Crippen LogP contribution in [0.1, 0.15) is 6.92 Å². The van der Waals surface area contributed by atoms with E-state index in [0.29, 0.717) is 5.69 Å². The number of rotatable bonds is 3. The van der Waals surface area contributed by atoms with E-state index in [9.17, 15) is 4.39 Å². The molecular weight excluding hydrogens is 185 g/mol. The van der Waals surface area contributed by atoms with Gasteiger partial charge in [0, 0.05) is 5.69 Å². The largest absolute Gasteiger partial charge is 0.409 e. The summed E-state index contributed by atoms with van der Waals surface area (Å²) in [6.07, 6.45) is 0. The maximum atomic E-state index is 12.5. The second-order valence-electron chi connectivity index (χ2n) is 2.90. The third-order valence-corrected chi connectivity index (χ3v) is 1.79. The van der Waals surface area contributed by atoms with Crippen LogP contribution in [0.5, 0.6) is 0 Å². The monoisotopic (exact) mass is 197 g/mol. The molecule has 1 unspecified atom stereocenters. The summed E-state index contributed by atoms with van der Waals surface area (Å²) in [5.74, 6) is -0.221. The molecule has 14 heavy (non-hydrogen) atoms. The van der Waals surface area contributed by atoms with Crippen LogP contribution in [0.3, 0.4) is 0 Å². The van der Waals surface area contributed by atoms with Gasteiger partial charge in [-0.25, -0.2) is 4.39 Å². The van der Waals surface area contributed by atoms with Crippen LogP contribution in [0, 0.1) is 5.82 Å². The lowest BCUT2D eigenvalue weighted by atomic mass is 10.2. The number of hydrogen-bond donors (Lipinski definition) is 3. The molecule has 4 nitrogen and oxygen atoms in total. The van der Waals surface area contributed by atoms with E-state index in [-0.39, 0.29) is 17.7 Å². The van der Waals surface area contributed by atoms with Crippen molar-refractivity contribution in [3.63, 3.8) is 0 Å². The molecule has 0 aliphatic heterocycles. The van der Waals surface area contributed by atoms with E-state index in [1.54, 1.807) is 19.1 Å². The Bertz CT molecular complexity index is 323. The van der Waals surface area contributed by atoms with E-state index in [1.807, 2.05) is 0 Å². The third kappa shape index (κ3) is 2.62. The Labute approximate surface area is 81.2 Å². The number of nitrogens with two attached hydrogens (primary N) is 1. The Morgan fingerprint density at radius 2 is 2.07 bits per heavy atom. The van der Waals surface area contributed by atoms with E-state index in [0.717, 1.165) is 0 Å². The molecule has 0 saturated carbocycles. The van der Waals surface area contributed by atoms with Gasteiger partial charge in [-0.05, 0) is 31.2 Å². The van der Waals surface area contributed by atoms with Crippen molar-refractivity contribution >= 4 is 11.5 Å². The lowest BCUT2D eigenvalue weighted by Gasteiger charge is -2.13. The Hall–Kier alpha value is -1.78. The molecule has 76 valence electrons. The fraction of sp³-hybridized carbons (Fsp3) is 0.222. The summed E-state index contributed by atoms with van der Waals surface area (Å²) in [4.78, 5) is 0. The van der Waals surface area contributed by atoms with E-state index in [1.165, 1.54) is 12.1 Å². The predicted octanol–water partition coefficient (Wildman–Crippen LogP) is 1.37. The highest BCUT2D eigenvalue weighted by Gasteiger charge is 2.06. The SMILES string of the molecule is CC(Nc1ccc(F)cc1)/C(N)=N/O. The maximum absolute atomic E-state index is 12.5. The number of amidine groups is 1. The minimum atomic E-state index is -0.300. The Balaban J connectivity index is 2.65. The molecule has 0 heterocycles. The number of oxime groups is 1. The quantitative estimate of drug-likeness (QED) is 0.296. The van der Waals surface area contributed by atoms with Crippen molar-refractivity contribution in [2.45, 2.75) is 13.0 Å². The number of halogens is 1. The van der Waals surface area contributed by atoms with Crippen LogP contribution in [0.15, 0.2) is 29.4 Å². The van der Waals surface area contributed by atoms with Crippen LogP contribution in [0.2, 0.25) is 0 Å². The third-order valence-electron chi connectivity index (χ3n) is 1.79. The minimum absolute atomic E-state index is 0.0781. The summed E-state index contributed by atoms with van der Waals surface area (Å²) in [6, 6.07) is 5.53. The van der Waals surface area contributed by atoms with Gasteiger partial charge in [-0.3, -0.25) is 0 Å². The second-order valence-corrected chi connectivity index (χ2v) is 2.90. The predicted molar refractivity (Wildman–Crippen MR) is 52.9 cm³/mol. The zero-order valence-corrected chi connectivity index (χ0v) is 7.74. The molecule has 4 N–H and O–H groups in total. The van der Waals surface area contributed by atoms with Gasteiger partial charge in [0.05, 0.1) is 6.04 Å². The molecule has 1 rings (SSSR count). The van der Waals surface area contributed by atoms with Crippen LogP contribution < -0.4 is 11.1 Å². The summed E-state index contributed by atoms with van der Waals surface area (Å²) < 4.78 is 12.5. The highest BCUT2D eigenvalue weighted by atomic mass is 19.1. The van der Waals surface area contributed by atoms with Crippen molar-refractivity contribution in [3.05, 3.63) is 30.1 Å². The summed E-state index contributed by atoms with van der Waals surface area (Å²) >= 11 is 0. The zero-order chi connectivity index (χ0) is 10.6. The van der Waals surface area contributed by atoms with Crippen molar-refractivity contribution < 1.29 is 9.60 Å². The molecule has 0 bridgehead atoms. The van der Waals surface area contributed by atoms with Gasteiger partial charge < -0.3 is 16.3 Å².